The largest absolute Gasteiger partial charge is 0.489 e. The highest BCUT2D eigenvalue weighted by molar-refractivity contribution is 6.31. The Balaban J connectivity index is 0.000000278. The number of nitrogens with zero attached hydrogens (tertiary/aromatic N) is 8. The van der Waals surface area contributed by atoms with Crippen molar-refractivity contribution in [3.8, 4) is 11.5 Å². The van der Waals surface area contributed by atoms with Gasteiger partial charge < -0.3 is 30.0 Å². The van der Waals surface area contributed by atoms with Crippen molar-refractivity contribution in [1.29, 1.82) is 0 Å². The number of nitrogens with two attached hydrogens (primary N) is 1. The summed E-state index contributed by atoms with van der Waals surface area (Å²) in [6.45, 7) is 7.23. The fourth-order valence-corrected chi connectivity index (χ4v) is 6.17. The number of carbonyl (C=O) groups excluding carboxylic acids is 2. The highest BCUT2D eigenvalue weighted by Gasteiger charge is 2.26. The van der Waals surface area contributed by atoms with E-state index in [0.29, 0.717) is 21.4 Å². The number of aryl methyl sites for hydroxylation is 2. The van der Waals surface area contributed by atoms with Gasteiger partial charge in [0.1, 0.15) is 11.6 Å². The monoisotopic (exact) mass is 938 g/mol. The minimum Gasteiger partial charge on any atom is -0.489 e. The summed E-state index contributed by atoms with van der Waals surface area (Å²) in [5, 5.41) is 4.26. The Morgan fingerprint density at radius 3 is 1.56 bits per heavy atom. The van der Waals surface area contributed by atoms with Crippen LogP contribution in [-0.4, -0.2) is 78.4 Å². The second kappa shape index (κ2) is 24.4. The molecule has 2 unspecified atom stereocenters. The number of halogens is 3. The lowest BCUT2D eigenvalue weighted by molar-refractivity contribution is 0.0505. The third-order valence-corrected chi connectivity index (χ3v) is 9.84. The molecule has 0 fully saturated rings. The molecule has 0 bridgehead atoms. The molecule has 0 aliphatic rings. The van der Waals surface area contributed by atoms with Gasteiger partial charge in [-0.3, -0.25) is 18.7 Å². The van der Waals surface area contributed by atoms with E-state index in [1.165, 1.54) is 32.9 Å². The number of anilines is 1. The van der Waals surface area contributed by atoms with Crippen molar-refractivity contribution in [2.75, 3.05) is 32.8 Å². The van der Waals surface area contributed by atoms with Crippen LogP contribution in [-0.2, 0) is 23.6 Å². The summed E-state index contributed by atoms with van der Waals surface area (Å²) in [6, 6.07) is 14.0. The Morgan fingerprint density at radius 1 is 0.688 bits per heavy atom. The van der Waals surface area contributed by atoms with E-state index in [9.17, 15) is 19.2 Å². The zero-order valence-electron chi connectivity index (χ0n) is 35.6. The van der Waals surface area contributed by atoms with Gasteiger partial charge >= 0.3 is 11.9 Å². The van der Waals surface area contributed by atoms with Gasteiger partial charge in [-0.15, -0.1) is 0 Å². The van der Waals surface area contributed by atoms with Gasteiger partial charge in [-0.25, -0.2) is 39.5 Å². The highest BCUT2D eigenvalue weighted by atomic mass is 35.5. The second-order valence-electron chi connectivity index (χ2n) is 13.0. The van der Waals surface area contributed by atoms with Gasteiger partial charge in [0.15, 0.2) is 11.4 Å². The summed E-state index contributed by atoms with van der Waals surface area (Å²) in [5.41, 5.74) is 7.76. The number of hydrogen-bond donors (Lipinski definition) is 2. The zero-order valence-corrected chi connectivity index (χ0v) is 37.8. The molecule has 4 aromatic heterocycles. The van der Waals surface area contributed by atoms with Crippen molar-refractivity contribution in [2.45, 2.75) is 47.2 Å². The van der Waals surface area contributed by atoms with Crippen LogP contribution in [0.1, 0.15) is 88.2 Å². The standard InChI is InChI=1S/C21H22ClN5O4.C12H12ClN3.C9H11ClN2O4.CH4/c1-5-31-20(29)17-18(30-4)19(28)27(3)21(26-17)25-16(13-10-23-12(2)24-11-13)14-8-6-7-9-15(14)22;1-8-15-6-9(7-16-8)12(14)10-4-2-3-5-11(10)13;1-4-16-8(14)5-6(15-3)7(13)12(2)9(10)11-5;/h6-11,16H,5H2,1-4H3,(H,25,26);2-7,12H,14H2,1H3;4H2,1-3H3;1H4. The first kappa shape index (κ1) is 51.9. The lowest BCUT2D eigenvalue weighted by Gasteiger charge is -2.23. The van der Waals surface area contributed by atoms with Gasteiger partial charge in [0, 0.05) is 60.1 Å². The molecule has 0 amide bonds. The van der Waals surface area contributed by atoms with Crippen molar-refractivity contribution in [3.63, 3.8) is 0 Å². The number of nitrogens with one attached hydrogen (secondary N) is 1. The van der Waals surface area contributed by atoms with Crippen LogP contribution >= 0.6 is 34.8 Å². The summed E-state index contributed by atoms with van der Waals surface area (Å²) in [4.78, 5) is 73.2. The molecule has 0 aliphatic heterocycles. The van der Waals surface area contributed by atoms with Crippen LogP contribution in [0.15, 0.2) is 82.9 Å². The number of ether oxygens (including phenoxy) is 4. The van der Waals surface area contributed by atoms with E-state index in [1.807, 2.05) is 49.4 Å². The average Bonchev–Trinajstić information content (AvgIpc) is 3.27. The van der Waals surface area contributed by atoms with Gasteiger partial charge in [-0.2, -0.15) is 0 Å². The molecule has 64 heavy (non-hydrogen) atoms. The minimum atomic E-state index is -0.756. The molecule has 21 heteroatoms. The van der Waals surface area contributed by atoms with Crippen LogP contribution in [0.5, 0.6) is 11.5 Å². The number of esters is 2. The zero-order chi connectivity index (χ0) is 46.4. The van der Waals surface area contributed by atoms with Crippen molar-refractivity contribution >= 4 is 52.7 Å². The Kier molecular flexibility index (Phi) is 19.8. The third-order valence-electron chi connectivity index (χ3n) is 8.81. The lowest BCUT2D eigenvalue weighted by Crippen LogP contribution is -2.28. The predicted octanol–water partition coefficient (Wildman–Crippen LogP) is 6.66. The fraction of sp³-hybridized carbons (Fsp3) is 0.302. The first-order valence-electron chi connectivity index (χ1n) is 19.0. The molecule has 6 aromatic rings. The summed E-state index contributed by atoms with van der Waals surface area (Å²) < 4.78 is 22.0. The van der Waals surface area contributed by atoms with Gasteiger partial charge in [-0.1, -0.05) is 67.0 Å². The molecular formula is C43H49Cl3N10O8. The Bertz CT molecular complexity index is 2650. The first-order valence-corrected chi connectivity index (χ1v) is 20.1. The SMILES string of the molecule is C.CCOC(=O)c1nc(Cl)n(C)c(=O)c1OC.CCOC(=O)c1nc(NC(c2cnc(C)nc2)c2ccccc2Cl)n(C)c(=O)c1OC.Cc1ncc(C(N)c2ccccc2Cl)cn1. The third kappa shape index (κ3) is 12.8. The van der Waals surface area contributed by atoms with Crippen molar-refractivity contribution in [3.05, 3.63) is 155 Å². The molecule has 4 heterocycles. The number of benzene rings is 2. The molecule has 340 valence electrons. The van der Waals surface area contributed by atoms with Crippen LogP contribution < -0.4 is 31.6 Å². The van der Waals surface area contributed by atoms with Gasteiger partial charge in [0.25, 0.3) is 11.1 Å². The number of aromatic nitrogens is 8. The van der Waals surface area contributed by atoms with Crippen molar-refractivity contribution < 1.29 is 28.5 Å². The summed E-state index contributed by atoms with van der Waals surface area (Å²) in [6.07, 6.45) is 6.79. The molecule has 0 radical (unpaired) electrons. The molecule has 2 aromatic carbocycles. The maximum absolute atomic E-state index is 12.8. The van der Waals surface area contributed by atoms with Gasteiger partial charge in [0.2, 0.25) is 22.7 Å². The Morgan fingerprint density at radius 2 is 1.11 bits per heavy atom. The maximum Gasteiger partial charge on any atom is 0.361 e. The highest BCUT2D eigenvalue weighted by Crippen LogP contribution is 2.31. The number of hydrogen-bond acceptors (Lipinski definition) is 16. The van der Waals surface area contributed by atoms with E-state index < -0.39 is 29.1 Å². The van der Waals surface area contributed by atoms with Crippen LogP contribution in [0.2, 0.25) is 15.3 Å². The quantitative estimate of drug-likeness (QED) is 0.0965. The molecule has 18 nitrogen and oxygen atoms in total. The van der Waals surface area contributed by atoms with Crippen molar-refractivity contribution in [1.82, 2.24) is 39.0 Å². The molecule has 0 aliphatic carbocycles. The van der Waals surface area contributed by atoms with E-state index in [4.69, 9.17) is 59.5 Å². The number of carbonyl (C=O) groups is 2. The lowest BCUT2D eigenvalue weighted by atomic mass is 10.0. The average molecular weight is 940 g/mol. The normalized spacial score (nSPS) is 11.2. The Hall–Kier alpha value is -6.47. The second-order valence-corrected chi connectivity index (χ2v) is 14.1. The van der Waals surface area contributed by atoms with Crippen LogP contribution in [0.25, 0.3) is 0 Å². The summed E-state index contributed by atoms with van der Waals surface area (Å²) in [7, 11) is 5.51. The molecule has 0 spiro atoms. The van der Waals surface area contributed by atoms with E-state index in [2.05, 4.69) is 35.2 Å². The molecule has 6 rings (SSSR count). The smallest absolute Gasteiger partial charge is 0.361 e. The van der Waals surface area contributed by atoms with Crippen molar-refractivity contribution in [2.24, 2.45) is 19.8 Å². The van der Waals surface area contributed by atoms with E-state index in [-0.39, 0.29) is 60.8 Å². The van der Waals surface area contributed by atoms with Crippen LogP contribution in [0.4, 0.5) is 5.95 Å². The van der Waals surface area contributed by atoms with Crippen LogP contribution in [0, 0.1) is 13.8 Å². The molecule has 2 atom stereocenters. The van der Waals surface area contributed by atoms with E-state index in [1.54, 1.807) is 51.6 Å². The maximum atomic E-state index is 12.8. The fourth-order valence-electron chi connectivity index (χ4n) is 5.51. The number of methoxy groups -OCH3 is 2. The van der Waals surface area contributed by atoms with Crippen LogP contribution in [0.3, 0.4) is 0 Å². The van der Waals surface area contributed by atoms with E-state index in [0.717, 1.165) is 27.1 Å². The van der Waals surface area contributed by atoms with E-state index >= 15 is 0 Å². The molecule has 0 saturated carbocycles. The number of rotatable bonds is 12. The Labute approximate surface area is 384 Å². The van der Waals surface area contributed by atoms with Gasteiger partial charge in [-0.05, 0) is 62.6 Å². The first-order chi connectivity index (χ1) is 30.1. The topological polar surface area (TPSA) is 230 Å². The molecule has 3 N–H and O–H groups in total. The molecular weight excluding hydrogens is 891 g/mol. The minimum absolute atomic E-state index is 0. The molecule has 0 saturated heterocycles. The summed E-state index contributed by atoms with van der Waals surface area (Å²) in [5.74, 6) is -0.396. The van der Waals surface area contributed by atoms with Gasteiger partial charge in [0.05, 0.1) is 39.5 Å². The summed E-state index contributed by atoms with van der Waals surface area (Å²) >= 11 is 18.2. The predicted molar refractivity (Wildman–Crippen MR) is 244 cm³/mol.